The van der Waals surface area contributed by atoms with Crippen molar-refractivity contribution < 1.29 is 20.5 Å². The van der Waals surface area contributed by atoms with Crippen LogP contribution in [0.2, 0.25) is 0 Å². The van der Waals surface area contributed by atoms with Gasteiger partial charge in [-0.3, -0.25) is 14.4 Å². The quantitative estimate of drug-likeness (QED) is 0.744. The van der Waals surface area contributed by atoms with Crippen LogP contribution in [0, 0.1) is 5.92 Å². The Balaban J connectivity index is 2.78. The van der Waals surface area contributed by atoms with Crippen LogP contribution in [0.4, 0.5) is 0 Å². The topological polar surface area (TPSA) is 80.3 Å². The van der Waals surface area contributed by atoms with E-state index in [2.05, 4.69) is 5.32 Å². The Bertz CT molecular complexity index is 610. The molecule has 5 heteroatoms. The second-order valence-corrected chi connectivity index (χ2v) is 5.36. The number of benzene rings is 1. The zero-order valence-corrected chi connectivity index (χ0v) is 13.0. The summed E-state index contributed by atoms with van der Waals surface area (Å²) in [6.07, 6.45) is -0.970. The van der Waals surface area contributed by atoms with Gasteiger partial charge in [0, 0.05) is 30.4 Å². The van der Waals surface area contributed by atoms with Crippen molar-refractivity contribution >= 4 is 23.7 Å². The van der Waals surface area contributed by atoms with Crippen molar-refractivity contribution in [2.24, 2.45) is 5.92 Å². The highest BCUT2D eigenvalue weighted by Crippen LogP contribution is 2.20. The van der Waals surface area contributed by atoms with Gasteiger partial charge >= 0.3 is 0 Å². The van der Waals surface area contributed by atoms with Crippen molar-refractivity contribution in [3.8, 4) is 0 Å². The van der Waals surface area contributed by atoms with E-state index >= 15 is 0 Å². The lowest BCUT2D eigenvalue weighted by atomic mass is 9.92. The molecule has 1 N–H and O–H groups in total. The summed E-state index contributed by atoms with van der Waals surface area (Å²) in [7, 11) is 0. The fourth-order valence-corrected chi connectivity index (χ4v) is 1.94. The fraction of sp³-hybridized carbons (Fsp3) is 0.412. The highest BCUT2D eigenvalue weighted by molar-refractivity contribution is 5.95. The summed E-state index contributed by atoms with van der Waals surface area (Å²) in [4.78, 5) is 45.7. The first kappa shape index (κ1) is 16.1. The first-order chi connectivity index (χ1) is 10.7. The number of carbonyl (C=O) groups is 4. The van der Waals surface area contributed by atoms with E-state index in [-0.39, 0.29) is 36.4 Å². The van der Waals surface area contributed by atoms with Gasteiger partial charge < -0.3 is 10.1 Å². The van der Waals surface area contributed by atoms with Crippen molar-refractivity contribution in [1.29, 1.82) is 0 Å². The van der Waals surface area contributed by atoms with Crippen LogP contribution in [0.15, 0.2) is 24.3 Å². The smallest absolute Gasteiger partial charge is 0.251 e. The lowest BCUT2D eigenvalue weighted by molar-refractivity contribution is -0.120. The molecule has 0 aliphatic rings. The Labute approximate surface area is 131 Å². The molecule has 5 nitrogen and oxygen atoms in total. The Kier molecular flexibility index (Phi) is 6.01. The van der Waals surface area contributed by atoms with Crippen LogP contribution >= 0.6 is 0 Å². The van der Waals surface area contributed by atoms with Crippen LogP contribution in [0.3, 0.4) is 0 Å². The van der Waals surface area contributed by atoms with Crippen LogP contribution < -0.4 is 5.32 Å². The van der Waals surface area contributed by atoms with Gasteiger partial charge in [0.2, 0.25) is 0 Å². The average molecular weight is 304 g/mol. The predicted octanol–water partition coefficient (Wildman–Crippen LogP) is 1.90. The lowest BCUT2D eigenvalue weighted by Crippen LogP contribution is -2.30. The third-order valence-electron chi connectivity index (χ3n) is 3.62. The second kappa shape index (κ2) is 8.22. The zero-order chi connectivity index (χ0) is 17.6. The molecule has 1 rings (SSSR count). The van der Waals surface area contributed by atoms with Gasteiger partial charge in [-0.15, -0.1) is 0 Å². The molecule has 1 aromatic carbocycles. The first-order valence-corrected chi connectivity index (χ1v) is 7.10. The third-order valence-corrected chi connectivity index (χ3v) is 3.62. The van der Waals surface area contributed by atoms with Gasteiger partial charge in [-0.1, -0.05) is 19.1 Å². The van der Waals surface area contributed by atoms with E-state index in [4.69, 9.17) is 1.37 Å². The predicted molar refractivity (Wildman–Crippen MR) is 82.7 cm³/mol. The summed E-state index contributed by atoms with van der Waals surface area (Å²) >= 11 is 0. The molecule has 0 saturated heterocycles. The summed E-state index contributed by atoms with van der Waals surface area (Å²) in [5.41, 5.74) is 1.01. The molecule has 0 fully saturated rings. The number of hydrogen-bond donors (Lipinski definition) is 1. The van der Waals surface area contributed by atoms with Crippen LogP contribution in [0.1, 0.15) is 50.4 Å². The summed E-state index contributed by atoms with van der Waals surface area (Å²) < 4.78 is 7.01. The van der Waals surface area contributed by atoms with E-state index < -0.39 is 12.2 Å². The standard InChI is InChI=1S/C17H21NO4/c1-11(12(2)20)10-18-17(22)15-6-4-14(5-7-15)16(8-9-19)13(3)21/h4-7,9,11,16H,8,10H2,1-3H3,(H,18,22)/i9D. The molecule has 1 amide bonds. The minimum atomic E-state index is -0.801. The highest BCUT2D eigenvalue weighted by Gasteiger charge is 2.17. The number of nitrogens with one attached hydrogen (secondary N) is 1. The van der Waals surface area contributed by atoms with Gasteiger partial charge in [-0.2, -0.15) is 0 Å². The van der Waals surface area contributed by atoms with Gasteiger partial charge in [0.05, 0.1) is 0 Å². The summed E-state index contributed by atoms with van der Waals surface area (Å²) in [5, 5.41) is 2.67. The number of amides is 1. The van der Waals surface area contributed by atoms with E-state index in [1.54, 1.807) is 31.2 Å². The number of carbonyl (C=O) groups excluding carboxylic acids is 4. The maximum absolute atomic E-state index is 12.0. The number of ketones is 2. The maximum atomic E-state index is 12.0. The SMILES string of the molecule is [2H]C(=O)CC(C(C)=O)c1ccc(C(=O)NCC(C)C(C)=O)cc1. The molecule has 0 saturated carbocycles. The van der Waals surface area contributed by atoms with Crippen molar-refractivity contribution in [3.63, 3.8) is 0 Å². The van der Waals surface area contributed by atoms with Gasteiger partial charge in [0.15, 0.2) is 0 Å². The summed E-state index contributed by atoms with van der Waals surface area (Å²) in [6.45, 7) is 4.85. The summed E-state index contributed by atoms with van der Waals surface area (Å²) in [5.74, 6) is -1.40. The number of aldehydes is 1. The maximum Gasteiger partial charge on any atom is 0.251 e. The fourth-order valence-electron chi connectivity index (χ4n) is 1.94. The van der Waals surface area contributed by atoms with Crippen LogP contribution in [-0.4, -0.2) is 30.3 Å². The highest BCUT2D eigenvalue weighted by atomic mass is 16.2. The van der Waals surface area contributed by atoms with E-state index in [0.29, 0.717) is 11.1 Å². The van der Waals surface area contributed by atoms with Crippen molar-refractivity contribution in [3.05, 3.63) is 35.4 Å². The van der Waals surface area contributed by atoms with Gasteiger partial charge in [0.25, 0.3) is 5.91 Å². The molecule has 0 spiro atoms. The molecule has 0 aliphatic heterocycles. The number of Topliss-reactive ketones (excluding diaryl/α,β-unsaturated/α-hetero) is 2. The molecule has 1 aromatic rings. The van der Waals surface area contributed by atoms with Gasteiger partial charge in [0.1, 0.15) is 19.2 Å². The molecule has 2 unspecified atom stereocenters. The molecule has 118 valence electrons. The van der Waals surface area contributed by atoms with Crippen LogP contribution in [0.5, 0.6) is 0 Å². The molecule has 0 bridgehead atoms. The van der Waals surface area contributed by atoms with E-state index in [1.807, 2.05) is 0 Å². The largest absolute Gasteiger partial charge is 0.351 e. The Morgan fingerprint density at radius 3 is 2.23 bits per heavy atom. The molecular formula is C17H21NO4. The summed E-state index contributed by atoms with van der Waals surface area (Å²) in [6, 6.07) is 6.34. The van der Waals surface area contributed by atoms with Crippen molar-refractivity contribution in [2.45, 2.75) is 33.1 Å². The van der Waals surface area contributed by atoms with E-state index in [9.17, 15) is 19.2 Å². The monoisotopic (exact) mass is 304 g/mol. The Hall–Kier alpha value is -2.30. The normalized spacial score (nSPS) is 13.7. The van der Waals surface area contributed by atoms with Gasteiger partial charge in [-0.05, 0) is 31.5 Å². The minimum absolute atomic E-state index is 0.00464. The molecular weight excluding hydrogens is 282 g/mol. The Morgan fingerprint density at radius 2 is 1.77 bits per heavy atom. The third kappa shape index (κ3) is 4.91. The molecule has 22 heavy (non-hydrogen) atoms. The lowest BCUT2D eigenvalue weighted by Gasteiger charge is -2.12. The van der Waals surface area contributed by atoms with Gasteiger partial charge in [-0.25, -0.2) is 0 Å². The first-order valence-electron chi connectivity index (χ1n) is 7.60. The molecule has 0 aromatic heterocycles. The van der Waals surface area contributed by atoms with Crippen LogP contribution in [0.25, 0.3) is 0 Å². The molecule has 0 aliphatic carbocycles. The van der Waals surface area contributed by atoms with Crippen LogP contribution in [-0.2, 0) is 14.4 Å². The number of rotatable bonds is 8. The molecule has 0 heterocycles. The Morgan fingerprint density at radius 1 is 1.18 bits per heavy atom. The van der Waals surface area contributed by atoms with Crippen molar-refractivity contribution in [1.82, 2.24) is 5.32 Å². The van der Waals surface area contributed by atoms with Crippen molar-refractivity contribution in [2.75, 3.05) is 6.54 Å². The minimum Gasteiger partial charge on any atom is -0.351 e. The molecule has 2 atom stereocenters. The second-order valence-electron chi connectivity index (χ2n) is 5.36. The molecule has 0 radical (unpaired) electrons. The van der Waals surface area contributed by atoms with E-state index in [0.717, 1.165) is 0 Å². The zero-order valence-electron chi connectivity index (χ0n) is 14.0. The number of hydrogen-bond acceptors (Lipinski definition) is 4. The average Bonchev–Trinajstić information content (AvgIpc) is 2.49. The van der Waals surface area contributed by atoms with E-state index in [1.165, 1.54) is 13.8 Å².